The number of aliphatic hydroxyl groups is 5. The minimum absolute atomic E-state index is 0.377. The van der Waals surface area contributed by atoms with Gasteiger partial charge in [-0.3, -0.25) is 4.79 Å². The zero-order chi connectivity index (χ0) is 53.6. The van der Waals surface area contributed by atoms with Crippen LogP contribution in [0.4, 0.5) is 0 Å². The summed E-state index contributed by atoms with van der Waals surface area (Å²) in [6.07, 6.45) is 67.5. The van der Waals surface area contributed by atoms with Crippen molar-refractivity contribution in [3.63, 3.8) is 0 Å². The molecular weight excluding hydrogens is 921 g/mol. The van der Waals surface area contributed by atoms with Gasteiger partial charge in [-0.2, -0.15) is 0 Å². The maximum absolute atomic E-state index is 13.1. The number of carbonyl (C=O) groups is 1. The number of hydrogen-bond donors (Lipinski definition) is 5. The number of aliphatic hydroxyl groups excluding tert-OH is 5. The molecule has 0 aromatic rings. The molecule has 0 amide bonds. The highest BCUT2D eigenvalue weighted by molar-refractivity contribution is 5.73. The molecule has 8 heteroatoms. The maximum atomic E-state index is 13.1. The number of hydrogen-bond acceptors (Lipinski definition) is 8. The Morgan fingerprint density at radius 3 is 0.959 bits per heavy atom. The van der Waals surface area contributed by atoms with Crippen LogP contribution < -0.4 is 0 Å². The van der Waals surface area contributed by atoms with Crippen LogP contribution in [0.3, 0.4) is 0 Å². The molecule has 1 aliphatic rings. The van der Waals surface area contributed by atoms with Crippen molar-refractivity contribution in [2.24, 2.45) is 5.92 Å². The number of carbonyl (C=O) groups excluding carboxylic acids is 1. The molecule has 1 heterocycles. The Hall–Kier alpha value is -1.29. The van der Waals surface area contributed by atoms with E-state index >= 15 is 0 Å². The first-order valence-corrected chi connectivity index (χ1v) is 32.9. The highest BCUT2D eigenvalue weighted by Gasteiger charge is 2.44. The Bertz CT molecular complexity index is 1210. The molecule has 74 heavy (non-hydrogen) atoms. The fourth-order valence-corrected chi connectivity index (χ4v) is 10.9. The van der Waals surface area contributed by atoms with Gasteiger partial charge in [0.15, 0.2) is 6.29 Å². The van der Waals surface area contributed by atoms with Gasteiger partial charge in [0.05, 0.1) is 12.0 Å². The lowest BCUT2D eigenvalue weighted by Crippen LogP contribution is -2.58. The van der Waals surface area contributed by atoms with Crippen LogP contribution in [-0.2, 0) is 14.3 Å². The van der Waals surface area contributed by atoms with Crippen molar-refractivity contribution in [1.82, 2.24) is 0 Å². The Labute approximate surface area is 458 Å². The third-order valence-electron chi connectivity index (χ3n) is 16.1. The predicted molar refractivity (Wildman–Crippen MR) is 314 cm³/mol. The van der Waals surface area contributed by atoms with Gasteiger partial charge in [0.2, 0.25) is 0 Å². The zero-order valence-corrected chi connectivity index (χ0v) is 49.1. The second kappa shape index (κ2) is 55.0. The first-order chi connectivity index (χ1) is 36.3. The predicted octanol–water partition coefficient (Wildman–Crippen LogP) is 18.4. The second-order valence-electron chi connectivity index (χ2n) is 23.2. The van der Waals surface area contributed by atoms with E-state index in [1.165, 1.54) is 276 Å². The third kappa shape index (κ3) is 43.7. The summed E-state index contributed by atoms with van der Waals surface area (Å²) >= 11 is 0. The van der Waals surface area contributed by atoms with Gasteiger partial charge in [0, 0.05) is 0 Å². The third-order valence-corrected chi connectivity index (χ3v) is 16.1. The van der Waals surface area contributed by atoms with Crippen molar-refractivity contribution in [3.05, 3.63) is 24.3 Å². The summed E-state index contributed by atoms with van der Waals surface area (Å²) in [5.41, 5.74) is 0. The van der Waals surface area contributed by atoms with E-state index < -0.39 is 48.7 Å². The van der Waals surface area contributed by atoms with Crippen molar-refractivity contribution in [1.29, 1.82) is 0 Å². The summed E-state index contributed by atoms with van der Waals surface area (Å²) in [5.74, 6) is -1.22. The van der Waals surface area contributed by atoms with Crippen LogP contribution in [0.2, 0.25) is 0 Å². The van der Waals surface area contributed by atoms with E-state index in [4.69, 9.17) is 9.47 Å². The molecule has 0 aromatic carbocycles. The molecule has 7 atom stereocenters. The van der Waals surface area contributed by atoms with Crippen LogP contribution in [0.1, 0.15) is 341 Å². The molecule has 1 rings (SSSR count). The average Bonchev–Trinajstić information content (AvgIpc) is 3.40. The van der Waals surface area contributed by atoms with Crippen LogP contribution >= 0.6 is 0 Å². The molecule has 1 saturated heterocycles. The van der Waals surface area contributed by atoms with E-state index in [1.54, 1.807) is 0 Å². The molecule has 0 aliphatic carbocycles. The minimum atomic E-state index is -1.68. The monoisotopic (exact) mass is 1050 g/mol. The van der Waals surface area contributed by atoms with Crippen LogP contribution in [0.25, 0.3) is 0 Å². The summed E-state index contributed by atoms with van der Waals surface area (Å²) in [6, 6.07) is 0. The first kappa shape index (κ1) is 70.7. The van der Waals surface area contributed by atoms with Crippen molar-refractivity contribution in [3.8, 4) is 0 Å². The molecule has 0 saturated carbocycles. The molecule has 1 fully saturated rings. The number of unbranched alkanes of at least 4 members (excludes halogenated alkanes) is 45. The Kier molecular flexibility index (Phi) is 52.6. The largest absolute Gasteiger partial charge is 0.463 e. The normalized spacial score (nSPS) is 19.0. The van der Waals surface area contributed by atoms with Gasteiger partial charge in [-0.1, -0.05) is 301 Å². The van der Waals surface area contributed by atoms with E-state index in [-0.39, 0.29) is 6.61 Å². The van der Waals surface area contributed by atoms with Crippen molar-refractivity contribution in [2.45, 2.75) is 378 Å². The molecule has 438 valence electrons. The molecular formula is C66H126O8. The molecule has 0 radical (unpaired) electrons. The summed E-state index contributed by atoms with van der Waals surface area (Å²) in [6.45, 7) is 4.11. The van der Waals surface area contributed by atoms with Gasteiger partial charge in [-0.25, -0.2) is 0 Å². The molecule has 8 nitrogen and oxygen atoms in total. The maximum Gasteiger partial charge on any atom is 0.311 e. The highest BCUT2D eigenvalue weighted by Crippen LogP contribution is 2.25. The van der Waals surface area contributed by atoms with E-state index in [0.717, 1.165) is 38.5 Å². The lowest BCUT2D eigenvalue weighted by Gasteiger charge is -2.38. The Morgan fingerprint density at radius 1 is 0.378 bits per heavy atom. The molecule has 5 N–H and O–H groups in total. The summed E-state index contributed by atoms with van der Waals surface area (Å²) in [4.78, 5) is 13.1. The summed E-state index contributed by atoms with van der Waals surface area (Å²) < 4.78 is 10.6. The number of esters is 1. The zero-order valence-electron chi connectivity index (χ0n) is 49.1. The smallest absolute Gasteiger partial charge is 0.311 e. The molecule has 0 spiro atoms. The number of rotatable bonds is 57. The van der Waals surface area contributed by atoms with Gasteiger partial charge in [0.1, 0.15) is 31.0 Å². The number of allylic oxidation sites excluding steroid dienone is 4. The molecule has 0 bridgehead atoms. The molecule has 0 aromatic heterocycles. The quantitative estimate of drug-likeness (QED) is 0.0231. The average molecular weight is 1050 g/mol. The van der Waals surface area contributed by atoms with Gasteiger partial charge < -0.3 is 35.0 Å². The van der Waals surface area contributed by atoms with Gasteiger partial charge in [-0.15, -0.1) is 0 Å². The van der Waals surface area contributed by atoms with Crippen LogP contribution in [0, 0.1) is 5.92 Å². The van der Waals surface area contributed by atoms with E-state index in [0.29, 0.717) is 12.8 Å². The fraction of sp³-hybridized carbons (Fsp3) is 0.924. The van der Waals surface area contributed by atoms with Gasteiger partial charge in [0.25, 0.3) is 0 Å². The van der Waals surface area contributed by atoms with Crippen LogP contribution in [0.15, 0.2) is 24.3 Å². The molecule has 0 unspecified atom stereocenters. The Balaban J connectivity index is 1.86. The van der Waals surface area contributed by atoms with Crippen LogP contribution in [-0.4, -0.2) is 74.9 Å². The van der Waals surface area contributed by atoms with Crippen molar-refractivity contribution in [2.75, 3.05) is 6.61 Å². The first-order valence-electron chi connectivity index (χ1n) is 32.9. The van der Waals surface area contributed by atoms with Crippen molar-refractivity contribution < 1.29 is 39.8 Å². The van der Waals surface area contributed by atoms with Crippen LogP contribution in [0.5, 0.6) is 0 Å². The summed E-state index contributed by atoms with van der Waals surface area (Å²) in [5, 5.41) is 50.9. The fourth-order valence-electron chi connectivity index (χ4n) is 10.9. The molecule has 1 aliphatic heterocycles. The summed E-state index contributed by atoms with van der Waals surface area (Å²) in [7, 11) is 0. The second-order valence-corrected chi connectivity index (χ2v) is 23.2. The van der Waals surface area contributed by atoms with Gasteiger partial charge >= 0.3 is 5.97 Å². The van der Waals surface area contributed by atoms with E-state index in [9.17, 15) is 30.3 Å². The number of ether oxygens (including phenoxy) is 2. The van der Waals surface area contributed by atoms with Crippen molar-refractivity contribution >= 4 is 5.97 Å². The lowest BCUT2D eigenvalue weighted by molar-refractivity contribution is -0.287. The topological polar surface area (TPSA) is 137 Å². The minimum Gasteiger partial charge on any atom is -0.463 e. The highest BCUT2D eigenvalue weighted by atomic mass is 16.6. The lowest BCUT2D eigenvalue weighted by atomic mass is 9.91. The SMILES string of the molecule is CCCCCCCCCCCCCCCCCC/C=C\CCCCCCCC/C=C\CCCCCCCCCCCCCCCCCCC[C@@H](O)[C@@H](CCCCCCCC)C(=O)OC[C@@H]1O[C@@H](O)[C@H](O)[C@@H](O)[C@@H]1O. The standard InChI is InChI=1S/C66H126O8/c1-3-5-7-9-11-12-13-14-15-16-17-18-19-20-21-22-23-24-25-26-27-28-29-30-31-32-33-34-35-36-37-38-39-40-41-42-43-44-45-46-47-48-49-50-51-53-55-57-60(67)59(56-54-52-10-8-6-4-2)65(71)73-58-61-62(68)63(69)64(70)66(72)74-61/h24-25,34-35,59-64,66-70,72H,3-23,26-33,36-58H2,1-2H3/b25-24-,35-34-/t59-,60-,61+,62-,63+,64-,66-/m1/s1. The Morgan fingerprint density at radius 2 is 0.649 bits per heavy atom. The van der Waals surface area contributed by atoms with Gasteiger partial charge in [-0.05, 0) is 64.2 Å². The van der Waals surface area contributed by atoms with E-state index in [1.807, 2.05) is 0 Å². The van der Waals surface area contributed by atoms with E-state index in [2.05, 4.69) is 38.2 Å².